The zero-order chi connectivity index (χ0) is 15.9. The Labute approximate surface area is 137 Å². The molecule has 0 radical (unpaired) electrons. The summed E-state index contributed by atoms with van der Waals surface area (Å²) >= 11 is 0. The Kier molecular flexibility index (Phi) is 5.51. The van der Waals surface area contributed by atoms with Crippen LogP contribution in [0.3, 0.4) is 0 Å². The molecule has 124 valence electrons. The van der Waals surface area contributed by atoms with Crippen molar-refractivity contribution in [2.45, 2.75) is 57.4 Å². The van der Waals surface area contributed by atoms with Crippen molar-refractivity contribution >= 4 is 17.0 Å². The Morgan fingerprint density at radius 2 is 2.00 bits per heavy atom. The zero-order valence-electron chi connectivity index (χ0n) is 13.7. The summed E-state index contributed by atoms with van der Waals surface area (Å²) in [6.45, 7) is 0.739. The molecule has 1 aromatic heterocycles. The maximum absolute atomic E-state index is 6.01. The second-order valence-electron chi connectivity index (χ2n) is 6.40. The summed E-state index contributed by atoms with van der Waals surface area (Å²) in [6, 6.07) is 8.63. The molecule has 0 spiro atoms. The van der Waals surface area contributed by atoms with E-state index in [1.165, 1.54) is 38.5 Å². The fraction of sp³-hybridized carbons (Fsp3) is 0.556. The predicted molar refractivity (Wildman–Crippen MR) is 95.5 cm³/mol. The molecule has 1 aromatic carbocycles. The first kappa shape index (κ1) is 15.8. The standard InChI is InChI=1S/C18H27N5/c19-18(21-14-8-3-1-2-4-9-14)20-13-7-12-17-22-15-10-5-6-11-16(15)23-17/h5-6,10-11,14H,1-4,7-9,12-13H2,(H,22,23)(H3,19,20,21). The third kappa shape index (κ3) is 4.71. The molecule has 5 nitrogen and oxygen atoms in total. The minimum Gasteiger partial charge on any atom is -0.370 e. The number of imidazole rings is 1. The molecule has 5 heteroatoms. The highest BCUT2D eigenvalue weighted by Gasteiger charge is 2.12. The van der Waals surface area contributed by atoms with Crippen LogP contribution in [0, 0.1) is 0 Å². The van der Waals surface area contributed by atoms with Gasteiger partial charge in [-0.3, -0.25) is 4.99 Å². The SMILES string of the molecule is NC(=NCCCc1nc2ccccc2[nH]1)NC1CCCCCC1. The lowest BCUT2D eigenvalue weighted by Crippen LogP contribution is -2.39. The monoisotopic (exact) mass is 313 g/mol. The highest BCUT2D eigenvalue weighted by molar-refractivity contribution is 5.78. The Bertz CT molecular complexity index is 605. The van der Waals surface area contributed by atoms with E-state index in [1.54, 1.807) is 0 Å². The summed E-state index contributed by atoms with van der Waals surface area (Å²) < 4.78 is 0. The third-order valence-corrected chi connectivity index (χ3v) is 4.50. The molecule has 0 amide bonds. The summed E-state index contributed by atoms with van der Waals surface area (Å²) in [6.07, 6.45) is 9.60. The van der Waals surface area contributed by atoms with Gasteiger partial charge in [-0.2, -0.15) is 0 Å². The van der Waals surface area contributed by atoms with Crippen LogP contribution in [0.2, 0.25) is 0 Å². The van der Waals surface area contributed by atoms with Crippen molar-refractivity contribution in [3.63, 3.8) is 0 Å². The number of nitrogens with two attached hydrogens (primary N) is 1. The molecule has 1 aliphatic carbocycles. The number of nitrogens with zero attached hydrogens (tertiary/aromatic N) is 2. The van der Waals surface area contributed by atoms with E-state index >= 15 is 0 Å². The zero-order valence-corrected chi connectivity index (χ0v) is 13.7. The lowest BCUT2D eigenvalue weighted by molar-refractivity contribution is 0.530. The van der Waals surface area contributed by atoms with Gasteiger partial charge < -0.3 is 16.0 Å². The number of hydrogen-bond donors (Lipinski definition) is 3. The van der Waals surface area contributed by atoms with E-state index < -0.39 is 0 Å². The van der Waals surface area contributed by atoms with Gasteiger partial charge in [0.2, 0.25) is 0 Å². The number of guanidine groups is 1. The molecule has 2 aromatic rings. The normalized spacial score (nSPS) is 17.3. The van der Waals surface area contributed by atoms with E-state index in [9.17, 15) is 0 Å². The van der Waals surface area contributed by atoms with Crippen LogP contribution >= 0.6 is 0 Å². The van der Waals surface area contributed by atoms with E-state index in [4.69, 9.17) is 5.73 Å². The average Bonchev–Trinajstić information content (AvgIpc) is 2.80. The molecule has 0 saturated heterocycles. The van der Waals surface area contributed by atoms with Crippen molar-refractivity contribution in [2.75, 3.05) is 6.54 Å². The smallest absolute Gasteiger partial charge is 0.188 e. The van der Waals surface area contributed by atoms with Crippen LogP contribution in [0.4, 0.5) is 0 Å². The molecular weight excluding hydrogens is 286 g/mol. The van der Waals surface area contributed by atoms with Gasteiger partial charge >= 0.3 is 0 Å². The number of H-pyrrole nitrogens is 1. The first-order valence-electron chi connectivity index (χ1n) is 8.81. The van der Waals surface area contributed by atoms with Crippen LogP contribution in [0.15, 0.2) is 29.3 Å². The quantitative estimate of drug-likeness (QED) is 0.343. The van der Waals surface area contributed by atoms with Crippen LogP contribution in [-0.4, -0.2) is 28.5 Å². The number of hydrogen-bond acceptors (Lipinski definition) is 2. The first-order valence-corrected chi connectivity index (χ1v) is 8.81. The number of aryl methyl sites for hydroxylation is 1. The highest BCUT2D eigenvalue weighted by Crippen LogP contribution is 2.17. The van der Waals surface area contributed by atoms with Crippen LogP contribution in [0.5, 0.6) is 0 Å². The number of fused-ring (bicyclic) bond motifs is 1. The second kappa shape index (κ2) is 7.99. The molecule has 4 N–H and O–H groups in total. The fourth-order valence-corrected chi connectivity index (χ4v) is 3.25. The number of benzene rings is 1. The Balaban J connectivity index is 1.42. The maximum Gasteiger partial charge on any atom is 0.188 e. The van der Waals surface area contributed by atoms with Gasteiger partial charge in [0.1, 0.15) is 5.82 Å². The molecule has 3 rings (SSSR count). The van der Waals surface area contributed by atoms with Crippen molar-refractivity contribution in [1.82, 2.24) is 15.3 Å². The third-order valence-electron chi connectivity index (χ3n) is 4.50. The van der Waals surface area contributed by atoms with Gasteiger partial charge in [0.25, 0.3) is 0 Å². The minimum absolute atomic E-state index is 0.511. The lowest BCUT2D eigenvalue weighted by atomic mass is 10.1. The van der Waals surface area contributed by atoms with Crippen molar-refractivity contribution in [3.8, 4) is 0 Å². The van der Waals surface area contributed by atoms with Gasteiger partial charge in [-0.05, 0) is 31.4 Å². The summed E-state index contributed by atoms with van der Waals surface area (Å²) in [7, 11) is 0. The molecule has 1 saturated carbocycles. The number of nitrogens with one attached hydrogen (secondary N) is 2. The summed E-state index contributed by atoms with van der Waals surface area (Å²) in [5, 5.41) is 3.38. The number of aromatic nitrogens is 2. The van der Waals surface area contributed by atoms with Crippen LogP contribution < -0.4 is 11.1 Å². The Morgan fingerprint density at radius 3 is 2.78 bits per heavy atom. The number of aromatic amines is 1. The first-order chi connectivity index (χ1) is 11.3. The average molecular weight is 313 g/mol. The molecule has 0 bridgehead atoms. The van der Waals surface area contributed by atoms with Crippen LogP contribution in [-0.2, 0) is 6.42 Å². The number of para-hydroxylation sites is 2. The Hall–Kier alpha value is -2.04. The topological polar surface area (TPSA) is 79.1 Å². The lowest BCUT2D eigenvalue weighted by Gasteiger charge is -2.16. The van der Waals surface area contributed by atoms with Crippen molar-refractivity contribution in [3.05, 3.63) is 30.1 Å². The molecule has 0 atom stereocenters. The van der Waals surface area contributed by atoms with E-state index in [0.29, 0.717) is 12.0 Å². The molecular formula is C18H27N5. The molecule has 0 unspecified atom stereocenters. The molecule has 1 fully saturated rings. The van der Waals surface area contributed by atoms with Crippen molar-refractivity contribution in [2.24, 2.45) is 10.7 Å². The molecule has 0 aliphatic heterocycles. The van der Waals surface area contributed by atoms with Gasteiger partial charge in [0, 0.05) is 19.0 Å². The summed E-state index contributed by atoms with van der Waals surface area (Å²) in [5.74, 6) is 1.62. The highest BCUT2D eigenvalue weighted by atomic mass is 15.1. The van der Waals surface area contributed by atoms with E-state index in [2.05, 4.69) is 26.3 Å². The van der Waals surface area contributed by atoms with Gasteiger partial charge in [-0.25, -0.2) is 4.98 Å². The van der Waals surface area contributed by atoms with Gasteiger partial charge in [-0.15, -0.1) is 0 Å². The molecule has 23 heavy (non-hydrogen) atoms. The van der Waals surface area contributed by atoms with Crippen LogP contribution in [0.1, 0.15) is 50.8 Å². The van der Waals surface area contributed by atoms with Crippen molar-refractivity contribution in [1.29, 1.82) is 0 Å². The van der Waals surface area contributed by atoms with Gasteiger partial charge in [0.05, 0.1) is 11.0 Å². The number of aliphatic imine (C=N–C) groups is 1. The van der Waals surface area contributed by atoms with Crippen LogP contribution in [0.25, 0.3) is 11.0 Å². The molecule has 1 heterocycles. The fourth-order valence-electron chi connectivity index (χ4n) is 3.25. The minimum atomic E-state index is 0.511. The van der Waals surface area contributed by atoms with E-state index in [1.807, 2.05) is 18.2 Å². The predicted octanol–water partition coefficient (Wildman–Crippen LogP) is 3.12. The van der Waals surface area contributed by atoms with E-state index in [-0.39, 0.29) is 0 Å². The maximum atomic E-state index is 6.01. The van der Waals surface area contributed by atoms with Crippen molar-refractivity contribution < 1.29 is 0 Å². The largest absolute Gasteiger partial charge is 0.370 e. The second-order valence-corrected chi connectivity index (χ2v) is 6.40. The summed E-state index contributed by atoms with van der Waals surface area (Å²) in [4.78, 5) is 12.4. The van der Waals surface area contributed by atoms with Gasteiger partial charge in [0.15, 0.2) is 5.96 Å². The van der Waals surface area contributed by atoms with E-state index in [0.717, 1.165) is 36.2 Å². The van der Waals surface area contributed by atoms with Gasteiger partial charge in [-0.1, -0.05) is 37.8 Å². The Morgan fingerprint density at radius 1 is 1.22 bits per heavy atom. The number of rotatable bonds is 5. The molecule has 1 aliphatic rings. The summed E-state index contributed by atoms with van der Waals surface area (Å²) in [5.41, 5.74) is 8.14.